The minimum absolute atomic E-state index is 0.00562. The maximum atomic E-state index is 13.1. The first kappa shape index (κ1) is 14.9. The van der Waals surface area contributed by atoms with E-state index in [1.807, 2.05) is 0 Å². The maximum Gasteiger partial charge on any atom is 0.419 e. The highest BCUT2D eigenvalue weighted by molar-refractivity contribution is 5.95. The van der Waals surface area contributed by atoms with Gasteiger partial charge in [-0.15, -0.1) is 0 Å². The summed E-state index contributed by atoms with van der Waals surface area (Å²) >= 11 is 0. The van der Waals surface area contributed by atoms with Gasteiger partial charge in [0.25, 0.3) is 0 Å². The van der Waals surface area contributed by atoms with Gasteiger partial charge in [0.05, 0.1) is 5.56 Å². The number of amides is 1. The number of benzene rings is 2. The SMILES string of the molecule is Cc1c(C(N)=O)ccc(C(F)(F)F)c1Oc1ccccc1. The highest BCUT2D eigenvalue weighted by Crippen LogP contribution is 2.41. The number of carbonyl (C=O) groups is 1. The molecule has 2 rings (SSSR count). The minimum atomic E-state index is -4.59. The fourth-order valence-corrected chi connectivity index (χ4v) is 1.92. The van der Waals surface area contributed by atoms with Crippen LogP contribution in [-0.4, -0.2) is 5.91 Å². The number of carbonyl (C=O) groups excluding carboxylic acids is 1. The van der Waals surface area contributed by atoms with Gasteiger partial charge >= 0.3 is 6.18 Å². The van der Waals surface area contributed by atoms with Gasteiger partial charge in [0, 0.05) is 11.1 Å². The fraction of sp³-hybridized carbons (Fsp3) is 0.133. The Morgan fingerprint density at radius 2 is 1.71 bits per heavy atom. The van der Waals surface area contributed by atoms with Crippen LogP contribution in [0.3, 0.4) is 0 Å². The summed E-state index contributed by atoms with van der Waals surface area (Å²) in [5, 5.41) is 0. The van der Waals surface area contributed by atoms with E-state index in [0.29, 0.717) is 0 Å². The average molecular weight is 295 g/mol. The van der Waals surface area contributed by atoms with Crippen LogP contribution in [0.15, 0.2) is 42.5 Å². The Kier molecular flexibility index (Phi) is 3.88. The van der Waals surface area contributed by atoms with E-state index in [2.05, 4.69) is 0 Å². The normalized spacial score (nSPS) is 11.2. The Morgan fingerprint density at radius 1 is 1.10 bits per heavy atom. The molecular formula is C15H12F3NO2. The van der Waals surface area contributed by atoms with E-state index in [0.717, 1.165) is 12.1 Å². The Bertz CT molecular complexity index is 667. The first-order valence-corrected chi connectivity index (χ1v) is 6.04. The molecule has 0 aliphatic heterocycles. The van der Waals surface area contributed by atoms with Crippen molar-refractivity contribution < 1.29 is 22.7 Å². The molecule has 0 atom stereocenters. The van der Waals surface area contributed by atoms with Crippen molar-refractivity contribution >= 4 is 5.91 Å². The molecule has 6 heteroatoms. The molecule has 0 aliphatic rings. The van der Waals surface area contributed by atoms with E-state index in [-0.39, 0.29) is 16.9 Å². The van der Waals surface area contributed by atoms with Crippen LogP contribution in [0.4, 0.5) is 13.2 Å². The molecule has 0 aromatic heterocycles. The van der Waals surface area contributed by atoms with Crippen molar-refractivity contribution in [2.24, 2.45) is 5.73 Å². The number of primary amides is 1. The lowest BCUT2D eigenvalue weighted by molar-refractivity contribution is -0.138. The smallest absolute Gasteiger partial charge is 0.419 e. The number of nitrogens with two attached hydrogens (primary N) is 1. The molecule has 0 saturated carbocycles. The second-order valence-electron chi connectivity index (χ2n) is 4.39. The Hall–Kier alpha value is -2.50. The number of ether oxygens (including phenoxy) is 1. The van der Waals surface area contributed by atoms with Crippen LogP contribution in [0.25, 0.3) is 0 Å². The maximum absolute atomic E-state index is 13.1. The van der Waals surface area contributed by atoms with Gasteiger partial charge in [-0.3, -0.25) is 4.79 Å². The number of halogens is 3. The molecule has 2 aromatic carbocycles. The van der Waals surface area contributed by atoms with E-state index < -0.39 is 23.4 Å². The Labute approximate surface area is 119 Å². The summed E-state index contributed by atoms with van der Waals surface area (Å²) in [6.45, 7) is 1.37. The summed E-state index contributed by atoms with van der Waals surface area (Å²) in [4.78, 5) is 11.3. The van der Waals surface area contributed by atoms with Crippen LogP contribution in [0, 0.1) is 6.92 Å². The molecule has 0 radical (unpaired) electrons. The average Bonchev–Trinajstić information content (AvgIpc) is 2.40. The second kappa shape index (κ2) is 5.47. The quantitative estimate of drug-likeness (QED) is 0.933. The predicted molar refractivity (Wildman–Crippen MR) is 71.2 cm³/mol. The summed E-state index contributed by atoms with van der Waals surface area (Å²) in [6, 6.07) is 9.88. The summed E-state index contributed by atoms with van der Waals surface area (Å²) in [7, 11) is 0. The first-order valence-electron chi connectivity index (χ1n) is 6.04. The summed E-state index contributed by atoms with van der Waals surface area (Å²) in [5.41, 5.74) is 4.26. The highest BCUT2D eigenvalue weighted by Gasteiger charge is 2.36. The van der Waals surface area contributed by atoms with Crippen molar-refractivity contribution in [3.8, 4) is 11.5 Å². The molecule has 0 unspecified atom stereocenters. The molecule has 0 aliphatic carbocycles. The van der Waals surface area contributed by atoms with Gasteiger partial charge in [-0.1, -0.05) is 18.2 Å². The molecular weight excluding hydrogens is 283 g/mol. The molecule has 0 fully saturated rings. The van der Waals surface area contributed by atoms with Crippen LogP contribution in [-0.2, 0) is 6.18 Å². The number of alkyl halides is 3. The van der Waals surface area contributed by atoms with Crippen molar-refractivity contribution in [2.45, 2.75) is 13.1 Å². The van der Waals surface area contributed by atoms with Crippen LogP contribution < -0.4 is 10.5 Å². The third kappa shape index (κ3) is 3.16. The lowest BCUT2D eigenvalue weighted by Gasteiger charge is -2.17. The number of hydrogen-bond acceptors (Lipinski definition) is 2. The van der Waals surface area contributed by atoms with Crippen LogP contribution in [0.5, 0.6) is 11.5 Å². The van der Waals surface area contributed by atoms with Crippen molar-refractivity contribution in [3.05, 3.63) is 59.2 Å². The zero-order chi connectivity index (χ0) is 15.6. The summed E-state index contributed by atoms with van der Waals surface area (Å²) in [6.07, 6.45) is -4.59. The molecule has 110 valence electrons. The van der Waals surface area contributed by atoms with Gasteiger partial charge in [-0.25, -0.2) is 0 Å². The van der Waals surface area contributed by atoms with Gasteiger partial charge in [-0.05, 0) is 31.2 Å². The molecule has 1 amide bonds. The monoisotopic (exact) mass is 295 g/mol. The van der Waals surface area contributed by atoms with E-state index >= 15 is 0 Å². The van der Waals surface area contributed by atoms with Crippen LogP contribution >= 0.6 is 0 Å². The van der Waals surface area contributed by atoms with Crippen molar-refractivity contribution in [3.63, 3.8) is 0 Å². The second-order valence-corrected chi connectivity index (χ2v) is 4.39. The van der Waals surface area contributed by atoms with Crippen LogP contribution in [0.1, 0.15) is 21.5 Å². The standard InChI is InChI=1S/C15H12F3NO2/c1-9-11(14(19)20)7-8-12(15(16,17)18)13(9)21-10-5-3-2-4-6-10/h2-8H,1H3,(H2,19,20). The first-order chi connectivity index (χ1) is 9.80. The zero-order valence-electron chi connectivity index (χ0n) is 11.1. The Morgan fingerprint density at radius 3 is 2.24 bits per heavy atom. The lowest BCUT2D eigenvalue weighted by Crippen LogP contribution is -2.16. The predicted octanol–water partition coefficient (Wildman–Crippen LogP) is 3.91. The Balaban J connectivity index is 2.59. The van der Waals surface area contributed by atoms with Crippen molar-refractivity contribution in [1.82, 2.24) is 0 Å². The van der Waals surface area contributed by atoms with E-state index in [9.17, 15) is 18.0 Å². The number of para-hydroxylation sites is 1. The largest absolute Gasteiger partial charge is 0.456 e. The van der Waals surface area contributed by atoms with Gasteiger partial charge in [0.1, 0.15) is 11.5 Å². The molecule has 21 heavy (non-hydrogen) atoms. The van der Waals surface area contributed by atoms with Crippen molar-refractivity contribution in [2.75, 3.05) is 0 Å². The third-order valence-electron chi connectivity index (χ3n) is 2.94. The topological polar surface area (TPSA) is 52.3 Å². The molecule has 0 saturated heterocycles. The highest BCUT2D eigenvalue weighted by atomic mass is 19.4. The molecule has 3 nitrogen and oxygen atoms in total. The van der Waals surface area contributed by atoms with Crippen molar-refractivity contribution in [1.29, 1.82) is 0 Å². The molecule has 0 bridgehead atoms. The van der Waals surface area contributed by atoms with Gasteiger partial charge < -0.3 is 10.5 Å². The number of rotatable bonds is 3. The van der Waals surface area contributed by atoms with Gasteiger partial charge in [-0.2, -0.15) is 13.2 Å². The molecule has 0 heterocycles. The van der Waals surface area contributed by atoms with E-state index in [1.165, 1.54) is 19.1 Å². The summed E-state index contributed by atoms with van der Waals surface area (Å²) < 4.78 is 44.5. The molecule has 0 spiro atoms. The molecule has 2 N–H and O–H groups in total. The zero-order valence-corrected chi connectivity index (χ0v) is 11.1. The lowest BCUT2D eigenvalue weighted by atomic mass is 10.0. The van der Waals surface area contributed by atoms with Gasteiger partial charge in [0.2, 0.25) is 5.91 Å². The minimum Gasteiger partial charge on any atom is -0.456 e. The third-order valence-corrected chi connectivity index (χ3v) is 2.94. The van der Waals surface area contributed by atoms with Gasteiger partial charge in [0.15, 0.2) is 0 Å². The number of hydrogen-bond donors (Lipinski definition) is 1. The molecule has 2 aromatic rings. The van der Waals surface area contributed by atoms with Crippen LogP contribution in [0.2, 0.25) is 0 Å². The fourth-order valence-electron chi connectivity index (χ4n) is 1.92. The van der Waals surface area contributed by atoms with E-state index in [1.54, 1.807) is 18.2 Å². The van der Waals surface area contributed by atoms with E-state index in [4.69, 9.17) is 10.5 Å². The summed E-state index contributed by atoms with van der Waals surface area (Å²) in [5.74, 6) is -0.975.